The summed E-state index contributed by atoms with van der Waals surface area (Å²) in [5.41, 5.74) is 0.847. The predicted molar refractivity (Wildman–Crippen MR) is 114 cm³/mol. The van der Waals surface area contributed by atoms with E-state index < -0.39 is 5.54 Å². The third-order valence-corrected chi connectivity index (χ3v) is 6.46. The van der Waals surface area contributed by atoms with Crippen LogP contribution in [-0.2, 0) is 11.3 Å². The van der Waals surface area contributed by atoms with E-state index in [0.29, 0.717) is 17.9 Å². The number of carbonyl (C=O) groups excluding carboxylic acids is 2. The molecule has 2 heterocycles. The van der Waals surface area contributed by atoms with Crippen molar-refractivity contribution in [3.8, 4) is 0 Å². The molecule has 1 aliphatic carbocycles. The highest BCUT2D eigenvalue weighted by Gasteiger charge is 2.49. The highest BCUT2D eigenvalue weighted by molar-refractivity contribution is 6.14. The Bertz CT molecular complexity index is 1130. The molecule has 1 N–H and O–H groups in total. The first kappa shape index (κ1) is 18.9. The van der Waals surface area contributed by atoms with Crippen LogP contribution in [0.1, 0.15) is 43.1 Å². The lowest BCUT2D eigenvalue weighted by Gasteiger charge is -2.44. The van der Waals surface area contributed by atoms with Gasteiger partial charge in [0, 0.05) is 22.6 Å². The van der Waals surface area contributed by atoms with Gasteiger partial charge in [-0.2, -0.15) is 0 Å². The van der Waals surface area contributed by atoms with Gasteiger partial charge in [0.15, 0.2) is 0 Å². The first-order chi connectivity index (χ1) is 14.5. The summed E-state index contributed by atoms with van der Waals surface area (Å²) in [6.45, 7) is 2.13. The van der Waals surface area contributed by atoms with E-state index in [2.05, 4.69) is 5.32 Å². The standard InChI is InChI=1S/C24H24FN3O2/c1-24(23(30)26-18-7-3-4-8-18)15-27-20-9-5-2-6-16(20)14-21(27)22(29)28(24)19-12-10-17(25)11-13-19/h2,5-6,9-14,18H,3-4,7-8,15H2,1H3,(H,26,30). The Hall–Kier alpha value is -3.15. The van der Waals surface area contributed by atoms with Crippen LogP contribution in [0.2, 0.25) is 0 Å². The van der Waals surface area contributed by atoms with E-state index in [1.807, 2.05) is 34.9 Å². The molecule has 154 valence electrons. The zero-order chi connectivity index (χ0) is 20.9. The van der Waals surface area contributed by atoms with Gasteiger partial charge >= 0.3 is 0 Å². The molecule has 1 saturated carbocycles. The van der Waals surface area contributed by atoms with Gasteiger partial charge in [0.25, 0.3) is 5.91 Å². The summed E-state index contributed by atoms with van der Waals surface area (Å²) in [4.78, 5) is 28.7. The van der Waals surface area contributed by atoms with E-state index in [9.17, 15) is 14.0 Å². The van der Waals surface area contributed by atoms with Crippen molar-refractivity contribution in [2.24, 2.45) is 0 Å². The number of halogens is 1. The SMILES string of the molecule is CC1(C(=O)NC2CCCC2)Cn2c(cc3ccccc32)C(=O)N1c1ccc(F)cc1. The lowest BCUT2D eigenvalue weighted by Crippen LogP contribution is -2.65. The Labute approximate surface area is 174 Å². The number of anilines is 1. The van der Waals surface area contributed by atoms with Crippen LogP contribution in [0, 0.1) is 5.82 Å². The Morgan fingerprint density at radius 3 is 2.53 bits per heavy atom. The molecule has 1 aromatic heterocycles. The van der Waals surface area contributed by atoms with E-state index in [1.165, 1.54) is 17.0 Å². The van der Waals surface area contributed by atoms with Crippen LogP contribution in [0.15, 0.2) is 54.6 Å². The summed E-state index contributed by atoms with van der Waals surface area (Å²) in [6, 6.07) is 15.6. The summed E-state index contributed by atoms with van der Waals surface area (Å²) in [5, 5.41) is 4.13. The number of para-hydroxylation sites is 1. The number of nitrogens with one attached hydrogen (secondary N) is 1. The fraction of sp³-hybridized carbons (Fsp3) is 0.333. The van der Waals surface area contributed by atoms with Crippen LogP contribution in [0.25, 0.3) is 10.9 Å². The van der Waals surface area contributed by atoms with Crippen molar-refractivity contribution in [1.82, 2.24) is 9.88 Å². The second kappa shape index (κ2) is 6.97. The Balaban J connectivity index is 1.63. The maximum Gasteiger partial charge on any atom is 0.275 e. The van der Waals surface area contributed by atoms with Gasteiger partial charge in [-0.05, 0) is 56.2 Å². The molecule has 5 rings (SSSR count). The predicted octanol–water partition coefficient (Wildman–Crippen LogP) is 4.26. The van der Waals surface area contributed by atoms with Crippen molar-refractivity contribution < 1.29 is 14.0 Å². The maximum absolute atomic E-state index is 13.7. The van der Waals surface area contributed by atoms with Gasteiger partial charge in [0.2, 0.25) is 5.91 Å². The van der Waals surface area contributed by atoms with Crippen LogP contribution < -0.4 is 10.2 Å². The third-order valence-electron chi connectivity index (χ3n) is 6.46. The third kappa shape index (κ3) is 2.90. The van der Waals surface area contributed by atoms with E-state index in [1.54, 1.807) is 19.1 Å². The lowest BCUT2D eigenvalue weighted by atomic mass is 9.93. The number of rotatable bonds is 3. The summed E-state index contributed by atoms with van der Waals surface area (Å²) in [5.74, 6) is -0.807. The van der Waals surface area contributed by atoms with Crippen molar-refractivity contribution in [1.29, 1.82) is 0 Å². The number of aromatic nitrogens is 1. The molecular formula is C24H24FN3O2. The molecule has 1 aliphatic heterocycles. The van der Waals surface area contributed by atoms with Gasteiger partial charge in [0.05, 0.1) is 6.54 Å². The highest BCUT2D eigenvalue weighted by atomic mass is 19.1. The molecule has 30 heavy (non-hydrogen) atoms. The zero-order valence-corrected chi connectivity index (χ0v) is 16.9. The van der Waals surface area contributed by atoms with Crippen molar-refractivity contribution in [2.75, 3.05) is 4.90 Å². The second-order valence-corrected chi connectivity index (χ2v) is 8.52. The average molecular weight is 405 g/mol. The van der Waals surface area contributed by atoms with E-state index in [-0.39, 0.29) is 23.7 Å². The smallest absolute Gasteiger partial charge is 0.275 e. The molecule has 6 heteroatoms. The van der Waals surface area contributed by atoms with Crippen LogP contribution in [-0.4, -0.2) is 28.0 Å². The van der Waals surface area contributed by atoms with E-state index in [4.69, 9.17) is 0 Å². The minimum Gasteiger partial charge on any atom is -0.351 e. The molecule has 1 atom stereocenters. The van der Waals surface area contributed by atoms with Gasteiger partial charge in [-0.3, -0.25) is 14.5 Å². The van der Waals surface area contributed by atoms with Gasteiger partial charge in [0.1, 0.15) is 17.1 Å². The fourth-order valence-electron chi connectivity index (χ4n) is 4.85. The molecule has 2 aromatic carbocycles. The quantitative estimate of drug-likeness (QED) is 0.708. The molecule has 1 unspecified atom stereocenters. The fourth-order valence-corrected chi connectivity index (χ4v) is 4.85. The molecule has 5 nitrogen and oxygen atoms in total. The van der Waals surface area contributed by atoms with Crippen LogP contribution in [0.5, 0.6) is 0 Å². The summed E-state index contributed by atoms with van der Waals surface area (Å²) in [6.07, 6.45) is 4.14. The normalized spacial score (nSPS) is 21.8. The van der Waals surface area contributed by atoms with Crippen LogP contribution >= 0.6 is 0 Å². The molecule has 0 radical (unpaired) electrons. The van der Waals surface area contributed by atoms with Crippen LogP contribution in [0.3, 0.4) is 0 Å². The molecule has 1 fully saturated rings. The number of benzene rings is 2. The van der Waals surface area contributed by atoms with E-state index >= 15 is 0 Å². The van der Waals surface area contributed by atoms with Gasteiger partial charge in [-0.15, -0.1) is 0 Å². The van der Waals surface area contributed by atoms with Crippen molar-refractivity contribution >= 4 is 28.4 Å². The summed E-state index contributed by atoms with van der Waals surface area (Å²) in [7, 11) is 0. The molecule has 0 spiro atoms. The first-order valence-electron chi connectivity index (χ1n) is 10.5. The second-order valence-electron chi connectivity index (χ2n) is 8.52. The van der Waals surface area contributed by atoms with Gasteiger partial charge < -0.3 is 9.88 Å². The monoisotopic (exact) mass is 405 g/mol. The Morgan fingerprint density at radius 1 is 1.10 bits per heavy atom. The van der Waals surface area contributed by atoms with Gasteiger partial charge in [-0.1, -0.05) is 31.0 Å². The minimum atomic E-state index is -1.13. The molecule has 0 saturated heterocycles. The highest BCUT2D eigenvalue weighted by Crippen LogP contribution is 2.36. The molecular weight excluding hydrogens is 381 g/mol. The number of carbonyl (C=O) groups is 2. The average Bonchev–Trinajstić information content (AvgIpc) is 3.37. The number of hydrogen-bond donors (Lipinski definition) is 1. The molecule has 0 bridgehead atoms. The molecule has 3 aromatic rings. The molecule has 2 aliphatic rings. The summed E-state index contributed by atoms with van der Waals surface area (Å²) < 4.78 is 15.5. The van der Waals surface area contributed by atoms with Gasteiger partial charge in [-0.25, -0.2) is 4.39 Å². The maximum atomic E-state index is 13.7. The first-order valence-corrected chi connectivity index (χ1v) is 10.5. The van der Waals surface area contributed by atoms with Crippen molar-refractivity contribution in [3.63, 3.8) is 0 Å². The number of hydrogen-bond acceptors (Lipinski definition) is 2. The Morgan fingerprint density at radius 2 is 1.80 bits per heavy atom. The van der Waals surface area contributed by atoms with E-state index in [0.717, 1.165) is 36.6 Å². The number of nitrogens with zero attached hydrogens (tertiary/aromatic N) is 2. The lowest BCUT2D eigenvalue weighted by molar-refractivity contribution is -0.127. The number of fused-ring (bicyclic) bond motifs is 3. The topological polar surface area (TPSA) is 54.3 Å². The summed E-state index contributed by atoms with van der Waals surface area (Å²) >= 11 is 0. The van der Waals surface area contributed by atoms with Crippen molar-refractivity contribution in [2.45, 2.75) is 50.7 Å². The Kier molecular flexibility index (Phi) is 4.38. The molecule has 2 amide bonds. The largest absolute Gasteiger partial charge is 0.351 e. The number of amides is 2. The van der Waals surface area contributed by atoms with Crippen molar-refractivity contribution in [3.05, 3.63) is 66.1 Å². The minimum absolute atomic E-state index is 0.141. The van der Waals surface area contributed by atoms with Crippen LogP contribution in [0.4, 0.5) is 10.1 Å². The zero-order valence-electron chi connectivity index (χ0n) is 16.9.